The maximum atomic E-state index is 13.4. The van der Waals surface area contributed by atoms with E-state index in [1.807, 2.05) is 6.07 Å². The van der Waals surface area contributed by atoms with Gasteiger partial charge < -0.3 is 40.4 Å². The highest BCUT2D eigenvalue weighted by Crippen LogP contribution is 2.39. The van der Waals surface area contributed by atoms with Gasteiger partial charge in [-0.1, -0.05) is 12.1 Å². The minimum Gasteiger partial charge on any atom is -0.444 e. The molecule has 1 unspecified atom stereocenters. The lowest BCUT2D eigenvalue weighted by Gasteiger charge is -2.24. The molecule has 1 aromatic heterocycles. The van der Waals surface area contributed by atoms with Crippen LogP contribution in [0, 0.1) is 17.1 Å². The first-order chi connectivity index (χ1) is 18.8. The van der Waals surface area contributed by atoms with Gasteiger partial charge in [-0.2, -0.15) is 5.26 Å². The number of aromatic amines is 1. The Labute approximate surface area is 229 Å². The van der Waals surface area contributed by atoms with Crippen molar-refractivity contribution in [2.45, 2.75) is 68.9 Å². The summed E-state index contributed by atoms with van der Waals surface area (Å²) in [4.78, 5) is 31.5. The van der Waals surface area contributed by atoms with Crippen molar-refractivity contribution in [2.24, 2.45) is 5.73 Å². The Morgan fingerprint density at radius 1 is 1.27 bits per heavy atom. The van der Waals surface area contributed by atoms with Crippen molar-refractivity contribution in [3.8, 4) is 6.07 Å². The molecule has 0 aliphatic carbocycles. The number of nitriles is 1. The molecule has 1 saturated heterocycles. The molecule has 1 aliphatic heterocycles. The Morgan fingerprint density at radius 2 is 1.95 bits per heavy atom. The molecule has 216 valence electrons. The number of amides is 2. The monoisotopic (exact) mass is 561 g/mol. The first kappa shape index (κ1) is 30.5. The highest BCUT2D eigenvalue weighted by molar-refractivity contribution is 5.86. The number of aromatic nitrogens is 1. The van der Waals surface area contributed by atoms with Crippen LogP contribution in [0.2, 0.25) is 0 Å². The van der Waals surface area contributed by atoms with Crippen molar-refractivity contribution >= 4 is 18.3 Å². The molecule has 1 fully saturated rings. The van der Waals surface area contributed by atoms with Crippen LogP contribution >= 0.6 is 0 Å². The number of hydrogen-bond donors (Lipinski definition) is 8. The molecule has 1 aliphatic rings. The number of aliphatic hydroxyl groups excluding tert-OH is 3. The molecule has 0 radical (unpaired) electrons. The summed E-state index contributed by atoms with van der Waals surface area (Å²) in [5.41, 5.74) is 3.61. The second-order valence-corrected chi connectivity index (χ2v) is 10.3. The SMILES string of the molecule is CC(C)(C)OC(=O)N[C@@H](Cc1ccc(F)cc1)C(=O)NC(/[NH+]=C\N)c1ccc([C@]2(C#N)O[C@H](CO)[C@@H](O)[C@H]2O)[nH]1. The molecule has 9 N–H and O–H groups in total. The summed E-state index contributed by atoms with van der Waals surface area (Å²) in [6.45, 7) is 4.38. The van der Waals surface area contributed by atoms with Crippen LogP contribution in [0.25, 0.3) is 0 Å². The first-order valence-electron chi connectivity index (χ1n) is 12.4. The van der Waals surface area contributed by atoms with E-state index in [4.69, 9.17) is 15.2 Å². The summed E-state index contributed by atoms with van der Waals surface area (Å²) in [5.74, 6) is -1.12. The van der Waals surface area contributed by atoms with Gasteiger partial charge in [-0.3, -0.25) is 15.5 Å². The fourth-order valence-corrected chi connectivity index (χ4v) is 4.20. The fraction of sp³-hybridized carbons (Fsp3) is 0.462. The summed E-state index contributed by atoms with van der Waals surface area (Å²) < 4.78 is 24.2. The van der Waals surface area contributed by atoms with Gasteiger partial charge in [-0.25, -0.2) is 9.18 Å². The second kappa shape index (κ2) is 12.4. The smallest absolute Gasteiger partial charge is 0.408 e. The van der Waals surface area contributed by atoms with Crippen LogP contribution in [-0.2, 0) is 26.3 Å². The molecule has 2 heterocycles. The number of nitrogens with two attached hydrogens (primary N) is 1. The summed E-state index contributed by atoms with van der Waals surface area (Å²) in [6, 6.07) is 9.03. The van der Waals surface area contributed by atoms with Crippen molar-refractivity contribution in [1.29, 1.82) is 5.26 Å². The number of H-pyrrole nitrogens is 1. The van der Waals surface area contributed by atoms with E-state index in [-0.39, 0.29) is 17.8 Å². The highest BCUT2D eigenvalue weighted by atomic mass is 19.1. The number of carbonyl (C=O) groups is 2. The van der Waals surface area contributed by atoms with Gasteiger partial charge in [0.2, 0.25) is 24.0 Å². The van der Waals surface area contributed by atoms with Crippen LogP contribution < -0.4 is 21.4 Å². The number of carbonyl (C=O) groups excluding carboxylic acids is 2. The van der Waals surface area contributed by atoms with Gasteiger partial charge in [-0.15, -0.1) is 0 Å². The largest absolute Gasteiger partial charge is 0.444 e. The van der Waals surface area contributed by atoms with E-state index in [0.29, 0.717) is 5.56 Å². The van der Waals surface area contributed by atoms with Gasteiger partial charge in [0, 0.05) is 6.42 Å². The Hall–Kier alpha value is -4.03. The minimum absolute atomic E-state index is 0.00158. The number of nitrogens with one attached hydrogen (secondary N) is 4. The number of aliphatic hydroxyl groups is 3. The van der Waals surface area contributed by atoms with Crippen molar-refractivity contribution in [2.75, 3.05) is 6.61 Å². The minimum atomic E-state index is -2.02. The zero-order valence-electron chi connectivity index (χ0n) is 22.2. The van der Waals surface area contributed by atoms with E-state index in [1.165, 1.54) is 36.4 Å². The number of nitrogens with zero attached hydrogens (tertiary/aromatic N) is 1. The first-order valence-corrected chi connectivity index (χ1v) is 12.4. The van der Waals surface area contributed by atoms with E-state index < -0.39 is 66.1 Å². The molecule has 0 saturated carbocycles. The lowest BCUT2D eigenvalue weighted by Crippen LogP contribution is -2.77. The maximum Gasteiger partial charge on any atom is 0.408 e. The predicted octanol–water partition coefficient (Wildman–Crippen LogP) is -1.70. The second-order valence-electron chi connectivity index (χ2n) is 10.3. The third-order valence-electron chi connectivity index (χ3n) is 6.13. The Morgan fingerprint density at radius 3 is 2.50 bits per heavy atom. The lowest BCUT2D eigenvalue weighted by atomic mass is 9.93. The van der Waals surface area contributed by atoms with Crippen LogP contribution in [0.3, 0.4) is 0 Å². The quantitative estimate of drug-likeness (QED) is 0.0993. The van der Waals surface area contributed by atoms with E-state index in [9.17, 15) is 34.6 Å². The summed E-state index contributed by atoms with van der Waals surface area (Å²) >= 11 is 0. The Bertz CT molecular complexity index is 1260. The normalized spacial score (nSPS) is 24.3. The molecular formula is C26H34FN6O7+. The number of rotatable bonds is 9. The van der Waals surface area contributed by atoms with Crippen LogP contribution in [0.4, 0.5) is 9.18 Å². The molecule has 2 amide bonds. The summed E-state index contributed by atoms with van der Waals surface area (Å²) in [7, 11) is 0. The zero-order valence-corrected chi connectivity index (χ0v) is 22.2. The molecular weight excluding hydrogens is 527 g/mol. The highest BCUT2D eigenvalue weighted by Gasteiger charge is 2.56. The van der Waals surface area contributed by atoms with Gasteiger partial charge in [0.05, 0.1) is 18.0 Å². The van der Waals surface area contributed by atoms with E-state index in [1.54, 1.807) is 20.8 Å². The van der Waals surface area contributed by atoms with Gasteiger partial charge in [-0.05, 0) is 50.6 Å². The molecule has 1 aromatic carbocycles. The molecule has 2 aromatic rings. The zero-order chi connectivity index (χ0) is 29.7. The number of ether oxygens (including phenoxy) is 2. The number of alkyl carbamates (subject to hydrolysis) is 1. The number of halogens is 1. The van der Waals surface area contributed by atoms with Gasteiger partial charge in [0.25, 0.3) is 0 Å². The predicted molar refractivity (Wildman–Crippen MR) is 137 cm³/mol. The average Bonchev–Trinajstić information content (AvgIpc) is 3.47. The standard InChI is InChI=1S/C26H33FN6O7/c1-25(2,3)40-24(38)32-17(10-14-4-6-15(27)7-5-14)23(37)33-22(30-13-29)16-8-9-19(31-16)26(12-28)21(36)20(35)18(11-34)39-26/h4-9,13,17-18,20-22,31,34-36H,10-11H2,1-3H3,(H2,29,30)(H,32,38)(H,33,37)/p+1/t17-,18+,20+,21+,22?,26-/m0/s1. The molecule has 6 atom stereocenters. The van der Waals surface area contributed by atoms with Crippen LogP contribution in [-0.4, -0.2) is 75.2 Å². The summed E-state index contributed by atoms with van der Waals surface area (Å²) in [6.07, 6.45) is -5.19. The van der Waals surface area contributed by atoms with Crippen LogP contribution in [0.5, 0.6) is 0 Å². The van der Waals surface area contributed by atoms with Crippen molar-refractivity contribution in [3.05, 3.63) is 59.2 Å². The van der Waals surface area contributed by atoms with E-state index in [0.717, 1.165) is 6.34 Å². The Balaban J connectivity index is 1.86. The Kier molecular flexibility index (Phi) is 9.48. The van der Waals surface area contributed by atoms with E-state index in [2.05, 4.69) is 20.6 Å². The lowest BCUT2D eigenvalue weighted by molar-refractivity contribution is -0.512. The maximum absolute atomic E-state index is 13.4. The molecule has 0 bridgehead atoms. The third-order valence-corrected chi connectivity index (χ3v) is 6.13. The molecule has 3 rings (SSSR count). The van der Waals surface area contributed by atoms with E-state index >= 15 is 0 Å². The number of hydrogen-bond acceptors (Lipinski definition) is 8. The van der Waals surface area contributed by atoms with Crippen LogP contribution in [0.1, 0.15) is 43.9 Å². The van der Waals surface area contributed by atoms with Gasteiger partial charge >= 0.3 is 6.09 Å². The van der Waals surface area contributed by atoms with Gasteiger partial charge in [0.1, 0.15) is 41.8 Å². The third kappa shape index (κ3) is 6.93. The van der Waals surface area contributed by atoms with Crippen LogP contribution in [0.15, 0.2) is 36.4 Å². The number of benzene rings is 1. The molecule has 13 nitrogen and oxygen atoms in total. The van der Waals surface area contributed by atoms with Crippen molar-refractivity contribution in [1.82, 2.24) is 15.6 Å². The summed E-state index contributed by atoms with van der Waals surface area (Å²) in [5, 5.41) is 45.2. The molecule has 40 heavy (non-hydrogen) atoms. The fourth-order valence-electron chi connectivity index (χ4n) is 4.20. The average molecular weight is 562 g/mol. The molecule has 14 heteroatoms. The topological polar surface area (TPSA) is 217 Å². The van der Waals surface area contributed by atoms with Crippen molar-refractivity contribution < 1.29 is 43.8 Å². The molecule has 0 spiro atoms. The van der Waals surface area contributed by atoms with Crippen molar-refractivity contribution in [3.63, 3.8) is 0 Å². The van der Waals surface area contributed by atoms with Gasteiger partial charge in [0.15, 0.2) is 0 Å².